The van der Waals surface area contributed by atoms with Gasteiger partial charge in [-0.15, -0.1) is 0 Å². The van der Waals surface area contributed by atoms with Gasteiger partial charge < -0.3 is 0 Å². The van der Waals surface area contributed by atoms with Crippen molar-refractivity contribution >= 4 is 0 Å². The van der Waals surface area contributed by atoms with Gasteiger partial charge in [0.25, 0.3) is 0 Å². The Hall–Kier alpha value is 0. The van der Waals surface area contributed by atoms with Crippen LogP contribution < -0.4 is 0 Å². The maximum atomic E-state index is 0. The van der Waals surface area contributed by atoms with Gasteiger partial charge in [-0.05, 0) is 0 Å². The van der Waals surface area contributed by atoms with E-state index in [-0.39, 0.29) is 69.7 Å². The molecule has 0 rings (SSSR count). The van der Waals surface area contributed by atoms with Crippen molar-refractivity contribution < 1.29 is 2.85 Å². The zero-order valence-electron chi connectivity index (χ0n) is 0. The zero-order valence-corrected chi connectivity index (χ0v) is 0. The highest BCUT2D eigenvalue weighted by atomic mass is 12.0. The molecule has 0 aromatic heterocycles. The van der Waals surface area contributed by atoms with E-state index < -0.39 is 0 Å². The van der Waals surface area contributed by atoms with Gasteiger partial charge in [0.15, 0.2) is 0 Å². The summed E-state index contributed by atoms with van der Waals surface area (Å²) < 4.78 is 0. The third-order valence-electron chi connectivity index (χ3n) is 0. The molecule has 0 heterocycles. The molecule has 0 bridgehead atoms. The molecule has 0 nitrogen and oxygen atoms in total. The average molecular weight is 150 g/mol. The SMILES string of the molecule is C.C.C.C.C.C.C.C.C.[2HH].[2HH]. The summed E-state index contributed by atoms with van der Waals surface area (Å²) in [5.41, 5.74) is 0. The highest BCUT2D eigenvalue weighted by Crippen LogP contribution is 0.152. The second-order valence-electron chi connectivity index (χ2n) is 0. The topological polar surface area (TPSA) is 0 Å². The van der Waals surface area contributed by atoms with E-state index in [4.69, 9.17) is 0 Å². The van der Waals surface area contributed by atoms with Crippen molar-refractivity contribution in [2.75, 3.05) is 0 Å². The summed E-state index contributed by atoms with van der Waals surface area (Å²) in [4.78, 5) is 0. The summed E-state index contributed by atoms with van der Waals surface area (Å²) in [5.74, 6) is 0. The Labute approximate surface area is 70.7 Å². The lowest BCUT2D eigenvalue weighted by atomic mass is 12.0. The summed E-state index contributed by atoms with van der Waals surface area (Å²) in [6, 6.07) is 0. The molecule has 0 radical (unpaired) electrons. The van der Waals surface area contributed by atoms with Crippen molar-refractivity contribution in [3.8, 4) is 0 Å². The maximum absolute atomic E-state index is 0. The standard InChI is InChI=1S/9CH4.2H2/h9*1H4;2*1H/i;;;;;;;;;2*1+1. The third kappa shape index (κ3) is 0. The molecule has 0 heteroatoms. The lowest BCUT2D eigenvalue weighted by molar-refractivity contribution is 2.50. The van der Waals surface area contributed by atoms with Gasteiger partial charge in [0.2, 0.25) is 0 Å². The smallest absolute Gasteiger partial charge is 0 e. The van der Waals surface area contributed by atoms with E-state index in [1.54, 1.807) is 0 Å². The molecule has 0 aromatic rings. The summed E-state index contributed by atoms with van der Waals surface area (Å²) in [7, 11) is 0. The first-order valence-electron chi connectivity index (χ1n) is 0. The normalized spacial score (nSPS) is 0. The van der Waals surface area contributed by atoms with Crippen LogP contribution >= 0.6 is 0 Å². The van der Waals surface area contributed by atoms with Gasteiger partial charge in [0, 0.05) is 2.85 Å². The Morgan fingerprint density at radius 1 is 0.222 bits per heavy atom. The number of hydrogen-bond donors (Lipinski definition) is 0. The van der Waals surface area contributed by atoms with E-state index in [9.17, 15) is 0 Å². The maximum Gasteiger partial charge on any atom is 0 e. The second-order valence-corrected chi connectivity index (χ2v) is 0. The van der Waals surface area contributed by atoms with E-state index >= 15 is 0 Å². The minimum atomic E-state index is 0. The molecule has 0 aliphatic carbocycles. The van der Waals surface area contributed by atoms with E-state index in [0.717, 1.165) is 0 Å². The third-order valence-corrected chi connectivity index (χ3v) is 0. The van der Waals surface area contributed by atoms with Crippen LogP contribution in [-0.4, -0.2) is 0 Å². The van der Waals surface area contributed by atoms with Gasteiger partial charge in [0.1, 0.15) is 0 Å². The Bertz CT molecular complexity index is 7.52. The van der Waals surface area contributed by atoms with Crippen LogP contribution in [0.4, 0.5) is 0 Å². The summed E-state index contributed by atoms with van der Waals surface area (Å²) in [6.07, 6.45) is 0. The van der Waals surface area contributed by atoms with Crippen LogP contribution in [0.15, 0.2) is 0 Å². The predicted octanol–water partition coefficient (Wildman–Crippen LogP) is 6.22. The predicted molar refractivity (Wildman–Crippen MR) is 64.8 cm³/mol. The molecule has 0 saturated heterocycles. The summed E-state index contributed by atoms with van der Waals surface area (Å²) >= 11 is 0. The van der Waals surface area contributed by atoms with Crippen LogP contribution in [0.1, 0.15) is 69.7 Å². The quantitative estimate of drug-likeness (QED) is 0.385. The van der Waals surface area contributed by atoms with E-state index in [1.165, 1.54) is 0 Å². The molecule has 0 saturated carbocycles. The van der Waals surface area contributed by atoms with Crippen LogP contribution in [0.25, 0.3) is 0 Å². The van der Waals surface area contributed by atoms with Crippen LogP contribution in [0.3, 0.4) is 0 Å². The molecule has 0 spiro atoms. The lowest BCUT2D eigenvalue weighted by Gasteiger charge is -0.0786. The minimum absolute atomic E-state index is 0. The highest BCUT2D eigenvalue weighted by Gasteiger charge is -0.0696. The Kier molecular flexibility index (Phi) is 0. The number of hydrogen-bond acceptors (Lipinski definition) is 0. The monoisotopic (exact) mass is 150 g/mol. The van der Waals surface area contributed by atoms with Crippen molar-refractivity contribution in [2.24, 2.45) is 0 Å². The molecule has 0 aromatic carbocycles. The molecule has 0 aliphatic rings. The fraction of sp³-hybridized carbons (Fsp3) is 1.00. The van der Waals surface area contributed by atoms with Gasteiger partial charge in [-0.1, -0.05) is 66.8 Å². The second kappa shape index (κ2) is 0. The van der Waals surface area contributed by atoms with Crippen LogP contribution in [0, 0.1) is 0 Å². The Balaban J connectivity index is 0. The lowest BCUT2D eigenvalue weighted by Crippen LogP contribution is 0.143. The largest absolute Gasteiger partial charge is 0.0776 e. The Morgan fingerprint density at radius 2 is 0.222 bits per heavy atom. The van der Waals surface area contributed by atoms with Gasteiger partial charge in [-0.25, -0.2) is 0 Å². The fourth-order valence-corrected chi connectivity index (χ4v) is 0. The van der Waals surface area contributed by atoms with Gasteiger partial charge in [-0.3, -0.25) is 0 Å². The summed E-state index contributed by atoms with van der Waals surface area (Å²) in [5, 5.41) is 0. The fourth-order valence-electron chi connectivity index (χ4n) is 0. The average Bonchev–Trinajstić information content (AvgIpc) is 0. The highest BCUT2D eigenvalue weighted by molar-refractivity contribution is 2.51. The Morgan fingerprint density at radius 3 is 0.222 bits per heavy atom. The van der Waals surface area contributed by atoms with Crippen LogP contribution in [0.5, 0.6) is 0 Å². The van der Waals surface area contributed by atoms with E-state index in [1.807, 2.05) is 0 Å². The van der Waals surface area contributed by atoms with Crippen molar-refractivity contribution in [1.29, 1.82) is 0 Å². The van der Waals surface area contributed by atoms with Crippen molar-refractivity contribution in [1.82, 2.24) is 0 Å². The molecule has 0 atom stereocenters. The van der Waals surface area contributed by atoms with E-state index in [0.29, 0.717) is 0 Å². The van der Waals surface area contributed by atoms with Crippen molar-refractivity contribution in [3.05, 3.63) is 0 Å². The van der Waals surface area contributed by atoms with Crippen LogP contribution in [0.2, 0.25) is 0 Å². The van der Waals surface area contributed by atoms with Crippen LogP contribution in [-0.2, 0) is 0 Å². The van der Waals surface area contributed by atoms with Gasteiger partial charge >= 0.3 is 0 Å². The first-order valence-corrected chi connectivity index (χ1v) is 0. The molecule has 0 unspecified atom stereocenters. The van der Waals surface area contributed by atoms with Gasteiger partial charge in [0.05, 0.1) is 0 Å². The molecular weight excluding hydrogens is 108 g/mol. The number of rotatable bonds is 0. The first kappa shape index (κ1) is 0. The van der Waals surface area contributed by atoms with Crippen molar-refractivity contribution in [2.45, 2.75) is 66.8 Å². The van der Waals surface area contributed by atoms with Crippen molar-refractivity contribution in [3.63, 3.8) is 0 Å². The minimum Gasteiger partial charge on any atom is -0.0776 e. The molecular formula is C9H40. The molecule has 0 N–H and O–H groups in total. The molecule has 9 heavy (non-hydrogen) atoms. The van der Waals surface area contributed by atoms with Gasteiger partial charge in [-0.2, -0.15) is 0 Å². The zero-order chi connectivity index (χ0) is 0. The first-order chi connectivity index (χ1) is 0. The summed E-state index contributed by atoms with van der Waals surface area (Å²) in [6.45, 7) is 0. The molecule has 0 fully saturated rings. The molecule has 0 aliphatic heterocycles. The molecule has 0 amide bonds. The molecule has 76 valence electrons. The van der Waals surface area contributed by atoms with E-state index in [2.05, 4.69) is 0 Å².